The van der Waals surface area contributed by atoms with Crippen LogP contribution in [-0.2, 0) is 18.6 Å². The predicted octanol–water partition coefficient (Wildman–Crippen LogP) is 5.03. The van der Waals surface area contributed by atoms with Crippen molar-refractivity contribution in [3.05, 3.63) is 12.7 Å². The average Bonchev–Trinajstić information content (AvgIpc) is 2.91. The van der Waals surface area contributed by atoms with Crippen LogP contribution in [0.2, 0.25) is 0 Å². The van der Waals surface area contributed by atoms with Crippen molar-refractivity contribution in [1.29, 1.82) is 0 Å². The first-order valence-corrected chi connectivity index (χ1v) is 17.3. The molecule has 0 heterocycles. The molecule has 2 unspecified atom stereocenters. The van der Waals surface area contributed by atoms with Crippen molar-refractivity contribution in [3.63, 3.8) is 0 Å². The van der Waals surface area contributed by atoms with Crippen molar-refractivity contribution in [2.75, 3.05) is 60.1 Å². The smallest absolute Gasteiger partial charge is 0.377 e. The number of nitrogens with zero attached hydrogens (tertiary/aromatic N) is 1. The molecule has 0 saturated carbocycles. The summed E-state index contributed by atoms with van der Waals surface area (Å²) in [4.78, 5) is 34.5. The molecular formula is C30H63N3O6P+. The number of ether oxygens (including phenoxy) is 1. The first-order valence-electron chi connectivity index (χ1n) is 15.8. The highest BCUT2D eigenvalue weighted by Crippen LogP contribution is 2.48. The largest absolute Gasteiger partial charge is 0.606 e. The Balaban J connectivity index is 3.94. The summed E-state index contributed by atoms with van der Waals surface area (Å²) in [6.45, 7) is 7.95. The van der Waals surface area contributed by atoms with Gasteiger partial charge in [0.25, 0.3) is 0 Å². The highest BCUT2D eigenvalue weighted by molar-refractivity contribution is 7.52. The van der Waals surface area contributed by atoms with Gasteiger partial charge in [-0.15, -0.1) is 0 Å². The van der Waals surface area contributed by atoms with Crippen LogP contribution in [0.1, 0.15) is 110 Å². The summed E-state index contributed by atoms with van der Waals surface area (Å²) in [5.74, 6) is -0.205. The van der Waals surface area contributed by atoms with Crippen LogP contribution >= 0.6 is 8.17 Å². The minimum absolute atomic E-state index is 0.0343. The second-order valence-electron chi connectivity index (χ2n) is 11.4. The minimum atomic E-state index is -4.31. The lowest BCUT2D eigenvalue weighted by molar-refractivity contribution is -0.811. The third-order valence-electron chi connectivity index (χ3n) is 7.10. The fraction of sp³-hybridized carbons (Fsp3) is 0.900. The third kappa shape index (κ3) is 24.2. The average molecular weight is 593 g/mol. The van der Waals surface area contributed by atoms with Crippen LogP contribution in [0.3, 0.4) is 0 Å². The number of unbranched alkanes of at least 4 members (excludes halogenated alkanes) is 15. The fourth-order valence-electron chi connectivity index (χ4n) is 4.42. The summed E-state index contributed by atoms with van der Waals surface area (Å²) in [5, 5.41) is 3.09. The van der Waals surface area contributed by atoms with Crippen molar-refractivity contribution in [2.24, 2.45) is 5.73 Å². The van der Waals surface area contributed by atoms with Gasteiger partial charge >= 0.3 is 14.1 Å². The van der Waals surface area contributed by atoms with Gasteiger partial charge in [-0.05, 0) is 6.42 Å². The van der Waals surface area contributed by atoms with Crippen molar-refractivity contribution >= 4 is 14.1 Å². The van der Waals surface area contributed by atoms with Crippen molar-refractivity contribution < 1.29 is 32.8 Å². The molecule has 1 amide bonds. The molecule has 2 atom stereocenters. The number of hydrogen-bond donors (Lipinski definition) is 3. The minimum Gasteiger partial charge on any atom is -0.606 e. The molecule has 0 aliphatic carbocycles. The maximum absolute atomic E-state index is 12.5. The van der Waals surface area contributed by atoms with Crippen LogP contribution in [0.5, 0.6) is 0 Å². The number of phosphoric acid groups is 1. The van der Waals surface area contributed by atoms with E-state index in [-0.39, 0.29) is 30.1 Å². The van der Waals surface area contributed by atoms with Crippen molar-refractivity contribution in [1.82, 2.24) is 5.32 Å². The first-order chi connectivity index (χ1) is 19.2. The Morgan fingerprint density at radius 3 is 1.93 bits per heavy atom. The number of rotatable bonds is 30. The predicted molar refractivity (Wildman–Crippen MR) is 164 cm³/mol. The zero-order valence-electron chi connectivity index (χ0n) is 26.1. The molecule has 238 valence electrons. The van der Waals surface area contributed by atoms with E-state index in [2.05, 4.69) is 18.8 Å². The van der Waals surface area contributed by atoms with E-state index in [1.165, 1.54) is 96.0 Å². The lowest BCUT2D eigenvalue weighted by Crippen LogP contribution is -2.47. The van der Waals surface area contributed by atoms with Crippen LogP contribution in [-0.4, -0.2) is 81.5 Å². The molecule has 0 aromatic heterocycles. The molecule has 0 rings (SSSR count). The Morgan fingerprint density at radius 1 is 0.950 bits per heavy atom. The summed E-state index contributed by atoms with van der Waals surface area (Å²) < 4.78 is 16.2. The molecule has 40 heavy (non-hydrogen) atoms. The lowest BCUT2D eigenvalue weighted by Gasteiger charge is -2.28. The van der Waals surface area contributed by atoms with Gasteiger partial charge in [-0.1, -0.05) is 110 Å². The van der Waals surface area contributed by atoms with Crippen LogP contribution in [0, 0.1) is 0 Å². The molecular weight excluding hydrogens is 529 g/mol. The molecule has 10 heteroatoms. The number of phosphoric ester groups is 1. The maximum atomic E-state index is 12.5. The molecule has 9 nitrogen and oxygen atoms in total. The number of nitrogens with one attached hydrogen (secondary N) is 1. The summed E-state index contributed by atoms with van der Waals surface area (Å²) in [5.41, 5.74) is 5.53. The molecule has 0 aliphatic heterocycles. The second kappa shape index (κ2) is 26.2. The van der Waals surface area contributed by atoms with Crippen molar-refractivity contribution in [2.45, 2.75) is 116 Å². The number of quaternary nitrogens is 1. The zero-order chi connectivity index (χ0) is 30.0. The van der Waals surface area contributed by atoms with E-state index >= 15 is 0 Å². The SMILES string of the molecule is C=CC(=O)[N+](C)(C)CCO[P+]([O-])(O)OC(CNCCN)COCCCCCCCCCCCCCCCCCC. The molecule has 4 N–H and O–H groups in total. The topological polar surface area (TPSA) is 126 Å². The highest BCUT2D eigenvalue weighted by Gasteiger charge is 2.34. The van der Waals surface area contributed by atoms with Crippen molar-refractivity contribution in [3.8, 4) is 0 Å². The normalized spacial score (nSPS) is 14.2. The molecule has 0 saturated heterocycles. The Morgan fingerprint density at radius 2 is 1.45 bits per heavy atom. The number of carbonyl (C=O) groups is 1. The van der Waals surface area contributed by atoms with E-state index in [9.17, 15) is 14.6 Å². The third-order valence-corrected chi connectivity index (χ3v) is 8.17. The number of hydrogen-bond acceptors (Lipinski definition) is 8. The molecule has 0 fully saturated rings. The first kappa shape index (κ1) is 39.5. The lowest BCUT2D eigenvalue weighted by atomic mass is 10.0. The standard InChI is InChI=1S/C30H62N3O6P/c1-5-7-8-9-10-11-12-13-14-15-16-17-18-19-20-21-25-37-28-29(27-32-23-22-31)39-40(35,36)38-26-24-33(3,4)30(34)6-2/h6,29,32H,2,5,7-28,31H2,1,3-4H3/p+1. The molecule has 0 aromatic carbocycles. The molecule has 0 bridgehead atoms. The molecule has 0 spiro atoms. The number of amides is 1. The van der Waals surface area contributed by atoms with E-state index in [4.69, 9.17) is 19.5 Å². The molecule has 0 aliphatic rings. The number of likely N-dealkylation sites (N-methyl/N-ethyl adjacent to an activating group) is 1. The van der Waals surface area contributed by atoms with E-state index in [1.807, 2.05) is 0 Å². The number of carbonyl (C=O) groups excluding carboxylic acids is 1. The Bertz CT molecular complexity index is 610. The summed E-state index contributed by atoms with van der Waals surface area (Å²) in [6, 6.07) is 0. The van der Waals surface area contributed by atoms with Gasteiger partial charge in [0.15, 0.2) is 0 Å². The Hall–Kier alpha value is -0.480. The summed E-state index contributed by atoms with van der Waals surface area (Å²) in [7, 11) is -0.948. The summed E-state index contributed by atoms with van der Waals surface area (Å²) in [6.07, 6.45) is 21.7. The number of nitrogens with two attached hydrogens (primary N) is 1. The van der Waals surface area contributed by atoms with Gasteiger partial charge in [-0.25, -0.2) is 4.79 Å². The van der Waals surface area contributed by atoms with Gasteiger partial charge in [0, 0.05) is 32.3 Å². The Labute approximate surface area is 246 Å². The van der Waals surface area contributed by atoms with Crippen LogP contribution in [0.15, 0.2) is 12.7 Å². The van der Waals surface area contributed by atoms with Crippen LogP contribution in [0.4, 0.5) is 0 Å². The molecule has 0 radical (unpaired) electrons. The van der Waals surface area contributed by atoms with E-state index in [0.29, 0.717) is 26.2 Å². The quantitative estimate of drug-likeness (QED) is 0.0459. The monoisotopic (exact) mass is 592 g/mol. The molecule has 0 aromatic rings. The fourth-order valence-corrected chi connectivity index (χ4v) is 5.30. The van der Waals surface area contributed by atoms with Gasteiger partial charge in [0.1, 0.15) is 19.3 Å². The highest BCUT2D eigenvalue weighted by atomic mass is 31.2. The zero-order valence-corrected chi connectivity index (χ0v) is 27.0. The van der Waals surface area contributed by atoms with Gasteiger partial charge in [-0.2, -0.15) is 13.9 Å². The van der Waals surface area contributed by atoms with E-state index in [0.717, 1.165) is 12.8 Å². The van der Waals surface area contributed by atoms with Crippen LogP contribution in [0.25, 0.3) is 0 Å². The second-order valence-corrected chi connectivity index (χ2v) is 12.8. The van der Waals surface area contributed by atoms with Gasteiger partial charge in [0.2, 0.25) is 0 Å². The van der Waals surface area contributed by atoms with Crippen LogP contribution < -0.4 is 15.9 Å². The van der Waals surface area contributed by atoms with Gasteiger partial charge < -0.3 is 20.7 Å². The maximum Gasteiger partial charge on any atom is 0.377 e. The van der Waals surface area contributed by atoms with Gasteiger partial charge in [0.05, 0.1) is 20.7 Å². The summed E-state index contributed by atoms with van der Waals surface area (Å²) >= 11 is 0. The Kier molecular flexibility index (Phi) is 25.9. The van der Waals surface area contributed by atoms with Gasteiger partial charge in [-0.3, -0.25) is 4.48 Å². The van der Waals surface area contributed by atoms with E-state index in [1.54, 1.807) is 14.1 Å². The van der Waals surface area contributed by atoms with E-state index < -0.39 is 14.3 Å².